The van der Waals surface area contributed by atoms with Crippen LogP contribution in [-0.4, -0.2) is 52.2 Å². The number of ether oxygens (including phenoxy) is 2. The summed E-state index contributed by atoms with van der Waals surface area (Å²) < 4.78 is 13.2. The minimum absolute atomic E-state index is 0.0466. The van der Waals surface area contributed by atoms with Gasteiger partial charge >= 0.3 is 5.97 Å². The van der Waals surface area contributed by atoms with Crippen molar-refractivity contribution in [2.45, 2.75) is 56.6 Å². The Kier molecular flexibility index (Phi) is 6.90. The molecule has 3 fully saturated rings. The number of thioether (sulfide) groups is 2. The fourth-order valence-corrected chi connectivity index (χ4v) is 9.68. The van der Waals surface area contributed by atoms with E-state index in [-0.39, 0.29) is 24.3 Å². The summed E-state index contributed by atoms with van der Waals surface area (Å²) >= 11 is 4.29. The smallest absolute Gasteiger partial charge is 0.309 e. The summed E-state index contributed by atoms with van der Waals surface area (Å²) in [7, 11) is 1.67. The zero-order chi connectivity index (χ0) is 21.3. The molecule has 2 heterocycles. The third kappa shape index (κ3) is 4.09. The van der Waals surface area contributed by atoms with Gasteiger partial charge in [0.2, 0.25) is 5.78 Å². The lowest BCUT2D eigenvalue weighted by Crippen LogP contribution is -2.48. The lowest BCUT2D eigenvalue weighted by molar-refractivity contribution is -0.150. The van der Waals surface area contributed by atoms with E-state index in [2.05, 4.69) is 28.1 Å². The lowest BCUT2D eigenvalue weighted by Gasteiger charge is -2.51. The molecule has 2 aliphatic carbocycles. The van der Waals surface area contributed by atoms with Crippen molar-refractivity contribution in [3.8, 4) is 0 Å². The molecule has 3 aliphatic rings. The lowest BCUT2D eigenvalue weighted by atomic mass is 9.67. The van der Waals surface area contributed by atoms with Crippen molar-refractivity contribution in [3.63, 3.8) is 0 Å². The molecule has 2 bridgehead atoms. The largest absolute Gasteiger partial charge is 0.457 e. The van der Waals surface area contributed by atoms with Crippen LogP contribution in [-0.2, 0) is 20.8 Å². The number of rotatable bonds is 7. The molecule has 0 N–H and O–H groups in total. The molecule has 0 aromatic carbocycles. The van der Waals surface area contributed by atoms with E-state index in [4.69, 9.17) is 9.47 Å². The molecule has 1 spiro atoms. The Bertz CT molecular complexity index is 783. The van der Waals surface area contributed by atoms with E-state index in [1.165, 1.54) is 30.8 Å². The molecule has 1 aliphatic heterocycles. The van der Waals surface area contributed by atoms with Gasteiger partial charge in [0, 0.05) is 42.1 Å². The highest BCUT2D eigenvalue weighted by atomic mass is 32.2. The Morgan fingerprint density at radius 3 is 2.47 bits per heavy atom. The van der Waals surface area contributed by atoms with E-state index < -0.39 is 0 Å². The summed E-state index contributed by atoms with van der Waals surface area (Å²) in [6.07, 6.45) is 5.60. The van der Waals surface area contributed by atoms with E-state index in [1.807, 2.05) is 19.9 Å². The van der Waals surface area contributed by atoms with Gasteiger partial charge in [0.1, 0.15) is 0 Å². The number of nitrogens with zero attached hydrogens (tertiary/aromatic N) is 1. The normalized spacial score (nSPS) is 27.4. The van der Waals surface area contributed by atoms with E-state index in [1.54, 1.807) is 7.11 Å². The second kappa shape index (κ2) is 9.29. The molecule has 1 aromatic rings. The van der Waals surface area contributed by atoms with Gasteiger partial charge < -0.3 is 14.0 Å². The van der Waals surface area contributed by atoms with Crippen molar-refractivity contribution in [2.75, 3.05) is 31.8 Å². The molecular formula is C23H33NO4S2. The highest BCUT2D eigenvalue weighted by Gasteiger charge is 2.55. The average Bonchev–Trinajstić information content (AvgIpc) is 3.29. The quantitative estimate of drug-likeness (QED) is 0.450. The second-order valence-corrected chi connectivity index (χ2v) is 11.9. The van der Waals surface area contributed by atoms with Crippen LogP contribution in [0.2, 0.25) is 0 Å². The molecule has 2 saturated carbocycles. The number of hydrogen-bond donors (Lipinski definition) is 0. The summed E-state index contributed by atoms with van der Waals surface area (Å²) in [5.74, 6) is 3.36. The van der Waals surface area contributed by atoms with Gasteiger partial charge in [-0.2, -0.15) is 0 Å². The van der Waals surface area contributed by atoms with Crippen LogP contribution in [0.15, 0.2) is 6.07 Å². The maximum absolute atomic E-state index is 12.9. The van der Waals surface area contributed by atoms with Crippen LogP contribution in [0.3, 0.4) is 0 Å². The predicted molar refractivity (Wildman–Crippen MR) is 122 cm³/mol. The predicted octanol–water partition coefficient (Wildman–Crippen LogP) is 4.48. The van der Waals surface area contributed by atoms with Crippen LogP contribution in [0, 0.1) is 31.6 Å². The van der Waals surface area contributed by atoms with Gasteiger partial charge in [-0.3, -0.25) is 9.59 Å². The molecule has 30 heavy (non-hydrogen) atoms. The summed E-state index contributed by atoms with van der Waals surface area (Å²) in [6, 6.07) is 1.89. The van der Waals surface area contributed by atoms with Crippen LogP contribution in [0.1, 0.15) is 53.8 Å². The zero-order valence-corrected chi connectivity index (χ0v) is 19.9. The van der Waals surface area contributed by atoms with Crippen LogP contribution in [0.4, 0.5) is 0 Å². The maximum Gasteiger partial charge on any atom is 0.309 e. The number of methoxy groups -OCH3 is 1. The number of ketones is 1. The van der Waals surface area contributed by atoms with Crippen molar-refractivity contribution in [2.24, 2.45) is 17.8 Å². The number of esters is 1. The van der Waals surface area contributed by atoms with Gasteiger partial charge in [-0.15, -0.1) is 23.5 Å². The molecule has 1 saturated heterocycles. The summed E-state index contributed by atoms with van der Waals surface area (Å²) in [4.78, 5) is 25.6. The molecule has 5 nitrogen and oxygen atoms in total. The maximum atomic E-state index is 12.9. The minimum Gasteiger partial charge on any atom is -0.457 e. The monoisotopic (exact) mass is 451 g/mol. The molecule has 4 rings (SSSR count). The van der Waals surface area contributed by atoms with Crippen molar-refractivity contribution in [1.29, 1.82) is 0 Å². The number of aromatic nitrogens is 1. The Labute approximate surface area is 188 Å². The van der Waals surface area contributed by atoms with E-state index in [9.17, 15) is 9.59 Å². The number of aryl methyl sites for hydroxylation is 1. The average molecular weight is 452 g/mol. The van der Waals surface area contributed by atoms with Crippen molar-refractivity contribution < 1.29 is 19.1 Å². The Morgan fingerprint density at radius 2 is 1.83 bits per heavy atom. The van der Waals surface area contributed by atoms with Crippen LogP contribution in [0.25, 0.3) is 0 Å². The van der Waals surface area contributed by atoms with Gasteiger partial charge in [-0.25, -0.2) is 0 Å². The summed E-state index contributed by atoms with van der Waals surface area (Å²) in [5, 5.41) is 0. The molecule has 7 heteroatoms. The highest BCUT2D eigenvalue weighted by molar-refractivity contribution is 8.21. The molecule has 0 radical (unpaired) electrons. The first-order chi connectivity index (χ1) is 14.5. The number of hydrogen-bond acceptors (Lipinski definition) is 6. The van der Waals surface area contributed by atoms with Gasteiger partial charge in [0.15, 0.2) is 6.61 Å². The molecule has 1 aromatic heterocycles. The summed E-state index contributed by atoms with van der Waals surface area (Å²) in [5.41, 5.74) is 2.58. The van der Waals surface area contributed by atoms with Gasteiger partial charge in [0.25, 0.3) is 0 Å². The molecule has 0 amide bonds. The van der Waals surface area contributed by atoms with E-state index in [0.717, 1.165) is 24.2 Å². The van der Waals surface area contributed by atoms with Gasteiger partial charge in [-0.1, -0.05) is 6.42 Å². The van der Waals surface area contributed by atoms with Gasteiger partial charge in [-0.05, 0) is 57.4 Å². The van der Waals surface area contributed by atoms with Crippen LogP contribution in [0.5, 0.6) is 0 Å². The third-order valence-corrected chi connectivity index (χ3v) is 11.2. The standard InChI is InChI=1S/C23H33NO4S2/c1-15-11-20(16(2)24(15)7-8-27-3)21(25)14-28-22(26)17-12-18-5-4-6-19(13-17)23(18)29-9-10-30-23/h11,17-19H,4-10,12-14H2,1-3H3/t17?,18-,19+. The van der Waals surface area contributed by atoms with Gasteiger partial charge in [0.05, 0.1) is 16.6 Å². The number of carbonyl (C=O) groups is 2. The molecule has 1 unspecified atom stereocenters. The van der Waals surface area contributed by atoms with E-state index in [0.29, 0.717) is 34.6 Å². The fourth-order valence-electron chi connectivity index (χ4n) is 5.74. The Morgan fingerprint density at radius 1 is 1.17 bits per heavy atom. The molecular weight excluding hydrogens is 418 g/mol. The fraction of sp³-hybridized carbons (Fsp3) is 0.739. The number of carbonyl (C=O) groups excluding carboxylic acids is 2. The first kappa shape index (κ1) is 22.3. The molecule has 166 valence electrons. The zero-order valence-electron chi connectivity index (χ0n) is 18.3. The SMILES string of the molecule is COCCn1c(C)cc(C(=O)COC(=O)C2C[C@H]3CCC[C@@H](C2)C32SCCS2)c1C. The third-order valence-electron chi connectivity index (χ3n) is 7.19. The van der Waals surface area contributed by atoms with E-state index >= 15 is 0 Å². The van der Waals surface area contributed by atoms with Crippen molar-refractivity contribution in [3.05, 3.63) is 23.0 Å². The van der Waals surface area contributed by atoms with Crippen LogP contribution >= 0.6 is 23.5 Å². The first-order valence-corrected chi connectivity index (χ1v) is 13.1. The number of Topliss-reactive ketones (excluding diaryl/α,β-unsaturated/α-hetero) is 1. The van der Waals surface area contributed by atoms with Crippen LogP contribution < -0.4 is 0 Å². The Hall–Kier alpha value is -0.920. The minimum atomic E-state index is -0.170. The van der Waals surface area contributed by atoms with Crippen molar-refractivity contribution in [1.82, 2.24) is 4.57 Å². The summed E-state index contributed by atoms with van der Waals surface area (Å²) in [6.45, 7) is 5.08. The molecule has 3 atom stereocenters. The Balaban J connectivity index is 1.36. The second-order valence-electron chi connectivity index (χ2n) is 8.87. The topological polar surface area (TPSA) is 57.5 Å². The first-order valence-electron chi connectivity index (χ1n) is 11.1. The van der Waals surface area contributed by atoms with Crippen molar-refractivity contribution >= 4 is 35.3 Å². The highest BCUT2D eigenvalue weighted by Crippen LogP contribution is 2.64.